The molecule has 0 unspecified atom stereocenters. The maximum atomic E-state index is 12.6. The number of Topliss-reactive ketones (excluding diaryl/α,β-unsaturated/α-hetero) is 2. The molecule has 0 aromatic heterocycles. The van der Waals surface area contributed by atoms with Crippen molar-refractivity contribution in [2.45, 2.75) is 105 Å². The number of hydrogen-bond acceptors (Lipinski definition) is 11. The van der Waals surface area contributed by atoms with E-state index in [9.17, 15) is 28.8 Å². The number of amides is 3. The van der Waals surface area contributed by atoms with Crippen molar-refractivity contribution < 1.29 is 43.3 Å². The molecule has 15 nitrogen and oxygen atoms in total. The van der Waals surface area contributed by atoms with Gasteiger partial charge in [0.1, 0.15) is 11.2 Å². The second-order valence-electron chi connectivity index (χ2n) is 17.6. The number of carbonyl (C=O) groups excluding carboxylic acids is 5. The van der Waals surface area contributed by atoms with E-state index in [2.05, 4.69) is 26.6 Å². The molecule has 0 aliphatic heterocycles. The normalized spacial score (nSPS) is 13.4. The van der Waals surface area contributed by atoms with E-state index in [4.69, 9.17) is 43.5 Å². The Morgan fingerprint density at radius 1 is 0.612 bits per heavy atom. The Morgan fingerprint density at radius 2 is 1.01 bits per heavy atom. The van der Waals surface area contributed by atoms with Crippen LogP contribution in [0.2, 0.25) is 10.0 Å². The molecule has 0 fully saturated rings. The van der Waals surface area contributed by atoms with Gasteiger partial charge in [-0.15, -0.1) is 0 Å². The van der Waals surface area contributed by atoms with Gasteiger partial charge in [-0.1, -0.05) is 47.5 Å². The standard InChI is InChI=1S/C25H28ClN3O4.C13H12ClNO3.C12H18N2O2/c1-15-20(11-12-22(15)30)29-21-10-7-17(13-19(21)26)23(31)28-18-8-5-16(6-9-18)14-27-24(32)33-25(2,3)4;1-7-10(4-5-12(7)16)15-11-3-2-8(13(17)18)6-9(11)14;1-12(2,3)16-11(15)14-8-9-4-6-10(13)7-5-9/h5-10,13,29H,11-12,14H2,1-4H3,(H,27,32)(H,28,31);2-3,6,15H,4-5H2,1H3,(H,17,18);4-7H,8,13H2,1-3H3,(H,14,15). The minimum atomic E-state index is -1.02. The Balaban J connectivity index is 0.000000242. The van der Waals surface area contributed by atoms with Crippen molar-refractivity contribution >= 4 is 81.6 Å². The van der Waals surface area contributed by atoms with Crippen molar-refractivity contribution in [1.82, 2.24) is 10.6 Å². The van der Waals surface area contributed by atoms with Gasteiger partial charge in [-0.05, 0) is 140 Å². The minimum absolute atomic E-state index is 0.135. The summed E-state index contributed by atoms with van der Waals surface area (Å²) in [7, 11) is 0. The summed E-state index contributed by atoms with van der Waals surface area (Å²) in [6, 6.07) is 23.9. The van der Waals surface area contributed by atoms with Gasteiger partial charge >= 0.3 is 18.2 Å². The van der Waals surface area contributed by atoms with Crippen LogP contribution in [0.25, 0.3) is 0 Å². The Bertz CT molecular complexity index is 2540. The van der Waals surface area contributed by atoms with Crippen LogP contribution in [-0.2, 0) is 32.2 Å². The van der Waals surface area contributed by atoms with Crippen molar-refractivity contribution in [1.29, 1.82) is 0 Å². The zero-order valence-electron chi connectivity index (χ0n) is 38.9. The summed E-state index contributed by atoms with van der Waals surface area (Å²) in [6.45, 7) is 15.2. The van der Waals surface area contributed by atoms with Gasteiger partial charge in [0.05, 0.1) is 27.0 Å². The molecule has 2 aliphatic rings. The van der Waals surface area contributed by atoms with Gasteiger partial charge in [-0.3, -0.25) is 14.4 Å². The second kappa shape index (κ2) is 23.6. The Labute approximate surface area is 400 Å². The van der Waals surface area contributed by atoms with Crippen molar-refractivity contribution in [3.8, 4) is 0 Å². The van der Waals surface area contributed by atoms with Crippen LogP contribution in [0.5, 0.6) is 0 Å². The summed E-state index contributed by atoms with van der Waals surface area (Å²) in [5, 5.41) is 24.0. The molecule has 6 rings (SSSR count). The lowest BCUT2D eigenvalue weighted by atomic mass is 10.1. The zero-order valence-corrected chi connectivity index (χ0v) is 40.4. The van der Waals surface area contributed by atoms with Crippen molar-refractivity contribution in [2.24, 2.45) is 0 Å². The monoisotopic (exact) mass is 956 g/mol. The molecule has 17 heteroatoms. The van der Waals surface area contributed by atoms with Gasteiger partial charge < -0.3 is 46.9 Å². The van der Waals surface area contributed by atoms with E-state index in [0.717, 1.165) is 28.1 Å². The van der Waals surface area contributed by atoms with Crippen LogP contribution >= 0.6 is 23.2 Å². The molecule has 0 atom stereocenters. The fourth-order valence-electron chi connectivity index (χ4n) is 6.23. The van der Waals surface area contributed by atoms with Crippen LogP contribution in [0.15, 0.2) is 107 Å². The van der Waals surface area contributed by atoms with Crippen LogP contribution in [0.4, 0.5) is 32.3 Å². The number of ketones is 2. The summed E-state index contributed by atoms with van der Waals surface area (Å²) in [5.41, 5.74) is 12.7. The van der Waals surface area contributed by atoms with E-state index >= 15 is 0 Å². The Morgan fingerprint density at radius 3 is 1.39 bits per heavy atom. The number of aromatic carboxylic acids is 1. The van der Waals surface area contributed by atoms with Gasteiger partial charge in [0.25, 0.3) is 5.91 Å². The topological polar surface area (TPSA) is 227 Å². The van der Waals surface area contributed by atoms with E-state index in [0.29, 0.717) is 82.7 Å². The molecule has 356 valence electrons. The quantitative estimate of drug-likeness (QED) is 0.0697. The van der Waals surface area contributed by atoms with Gasteiger partial charge in [-0.25, -0.2) is 14.4 Å². The molecule has 3 amide bonds. The minimum Gasteiger partial charge on any atom is -0.478 e. The summed E-state index contributed by atoms with van der Waals surface area (Å²) in [6.07, 6.45) is 1.44. The molecule has 0 heterocycles. The van der Waals surface area contributed by atoms with Crippen molar-refractivity contribution in [3.63, 3.8) is 0 Å². The molecule has 0 radical (unpaired) electrons. The van der Waals surface area contributed by atoms with Crippen molar-refractivity contribution in [2.75, 3.05) is 21.7 Å². The lowest BCUT2D eigenvalue weighted by Gasteiger charge is -2.19. The maximum Gasteiger partial charge on any atom is 0.407 e. The summed E-state index contributed by atoms with van der Waals surface area (Å²) in [5.74, 6) is -1.04. The molecular weight excluding hydrogens is 899 g/mol. The second-order valence-corrected chi connectivity index (χ2v) is 18.4. The van der Waals surface area contributed by atoms with Gasteiger partial charge in [0.2, 0.25) is 0 Å². The number of nitrogens with two attached hydrogens (primary N) is 1. The van der Waals surface area contributed by atoms with Gasteiger partial charge in [0.15, 0.2) is 11.6 Å². The number of halogens is 2. The third-order valence-electron chi connectivity index (χ3n) is 9.83. The average molecular weight is 958 g/mol. The Kier molecular flexibility index (Phi) is 18.6. The van der Waals surface area contributed by atoms with Crippen LogP contribution in [0, 0.1) is 0 Å². The van der Waals surface area contributed by atoms with E-state index in [1.807, 2.05) is 45.0 Å². The first-order valence-corrected chi connectivity index (χ1v) is 22.1. The number of rotatable bonds is 11. The number of nitrogens with one attached hydrogen (secondary N) is 5. The highest BCUT2D eigenvalue weighted by Gasteiger charge is 2.22. The van der Waals surface area contributed by atoms with Crippen LogP contribution in [-0.4, -0.2) is 51.9 Å². The third-order valence-corrected chi connectivity index (χ3v) is 10.5. The maximum absolute atomic E-state index is 12.6. The molecule has 4 aromatic carbocycles. The lowest BCUT2D eigenvalue weighted by molar-refractivity contribution is -0.115. The predicted molar refractivity (Wildman–Crippen MR) is 262 cm³/mol. The molecule has 0 saturated heterocycles. The number of carboxylic acids is 1. The summed E-state index contributed by atoms with van der Waals surface area (Å²) >= 11 is 12.4. The average Bonchev–Trinajstić information content (AvgIpc) is 3.74. The molecular formula is C50H58Cl2N6O9. The first-order valence-electron chi connectivity index (χ1n) is 21.4. The molecule has 67 heavy (non-hydrogen) atoms. The number of hydrogen-bond donors (Lipinski definition) is 7. The number of benzene rings is 4. The third kappa shape index (κ3) is 17.5. The summed E-state index contributed by atoms with van der Waals surface area (Å²) in [4.78, 5) is 69.6. The lowest BCUT2D eigenvalue weighted by Crippen LogP contribution is -2.32. The fraction of sp³-hybridized carbons (Fsp3) is 0.320. The smallest absolute Gasteiger partial charge is 0.407 e. The summed E-state index contributed by atoms with van der Waals surface area (Å²) < 4.78 is 10.3. The predicted octanol–water partition coefficient (Wildman–Crippen LogP) is 11.0. The van der Waals surface area contributed by atoms with Crippen LogP contribution in [0.3, 0.4) is 0 Å². The molecule has 2 aliphatic carbocycles. The highest BCUT2D eigenvalue weighted by atomic mass is 35.5. The SMILES string of the molecule is CC(C)(C)OC(=O)NCc1ccc(N)cc1.CC1=C(Nc2ccc(C(=O)Nc3ccc(CNC(=O)OC(C)(C)C)cc3)cc2Cl)CCC1=O.CC1=C(Nc2ccc(C(=O)O)cc2Cl)CCC1=O. The van der Waals surface area contributed by atoms with E-state index in [1.165, 1.54) is 12.1 Å². The number of carbonyl (C=O) groups is 6. The highest BCUT2D eigenvalue weighted by molar-refractivity contribution is 6.34. The van der Waals surface area contributed by atoms with Crippen LogP contribution in [0.1, 0.15) is 113 Å². The number of alkyl carbamates (subject to hydrolysis) is 2. The number of carboxylic acid groups (broad SMARTS) is 1. The first kappa shape index (κ1) is 52.8. The fourth-order valence-corrected chi connectivity index (χ4v) is 6.69. The van der Waals surface area contributed by atoms with Gasteiger partial charge in [0, 0.05) is 65.4 Å². The number of anilines is 4. The molecule has 0 saturated carbocycles. The van der Waals surface area contributed by atoms with E-state index in [1.54, 1.807) is 83.1 Å². The largest absolute Gasteiger partial charge is 0.478 e. The molecule has 8 N–H and O–H groups in total. The van der Waals surface area contributed by atoms with Gasteiger partial charge in [-0.2, -0.15) is 0 Å². The Hall–Kier alpha value is -6.84. The van der Waals surface area contributed by atoms with Crippen molar-refractivity contribution in [3.05, 3.63) is 140 Å². The first-order chi connectivity index (χ1) is 31.4. The molecule has 0 spiro atoms. The van der Waals surface area contributed by atoms with E-state index in [-0.39, 0.29) is 23.0 Å². The number of nitrogen functional groups attached to an aromatic ring is 1. The van der Waals surface area contributed by atoms with Crippen LogP contribution < -0.4 is 32.3 Å². The highest BCUT2D eigenvalue weighted by Crippen LogP contribution is 2.31. The number of allylic oxidation sites excluding steroid dienone is 4. The molecule has 0 bridgehead atoms. The number of ether oxygens (including phenoxy) is 2. The zero-order chi connectivity index (χ0) is 49.6. The molecule has 4 aromatic rings. The van der Waals surface area contributed by atoms with E-state index < -0.39 is 29.4 Å².